The van der Waals surface area contributed by atoms with Crippen molar-refractivity contribution in [3.05, 3.63) is 30.6 Å². The fourth-order valence-electron chi connectivity index (χ4n) is 0.342. The maximum atomic E-state index is 2.89. The monoisotopic (exact) mass is 122 g/mol. The van der Waals surface area contributed by atoms with Gasteiger partial charge >= 0.3 is 18.9 Å². The van der Waals surface area contributed by atoms with Gasteiger partial charge in [0.25, 0.3) is 0 Å². The summed E-state index contributed by atoms with van der Waals surface area (Å²) < 4.78 is 0. The molecule has 1 aromatic heterocycles. The van der Waals surface area contributed by atoms with Crippen LogP contribution in [0.1, 0.15) is 0 Å². The van der Waals surface area contributed by atoms with Crippen LogP contribution in [-0.2, 0) is 0 Å². The van der Waals surface area contributed by atoms with E-state index in [0.29, 0.717) is 0 Å². The zero-order valence-corrected chi connectivity index (χ0v) is 5.52. The molecule has 0 aromatic carbocycles. The number of nitrogens with one attached hydrogen (secondary N) is 1. The molecule has 0 radical (unpaired) electrons. The summed E-state index contributed by atoms with van der Waals surface area (Å²) >= 11 is 0. The van der Waals surface area contributed by atoms with Crippen molar-refractivity contribution in [1.29, 1.82) is 0 Å². The van der Waals surface area contributed by atoms with Gasteiger partial charge in [0, 0.05) is 12.1 Å². The van der Waals surface area contributed by atoms with Crippen molar-refractivity contribution in [3.63, 3.8) is 0 Å². The number of halogens is 1. The number of pyridine rings is 1. The molecule has 0 amide bonds. The van der Waals surface area contributed by atoms with Gasteiger partial charge in [0.2, 0.25) is 0 Å². The number of rotatable bonds is 0. The SMILES string of the molecule is [Cl-].[Li+].c1cc[nH+]cc1. The summed E-state index contributed by atoms with van der Waals surface area (Å²) in [6.45, 7) is 0. The minimum atomic E-state index is 0. The standard InChI is InChI=1S/C5H5N.ClH.Li/c1-2-4-6-5-3-1;;/h1-5H;1H;/q;;+1. The summed E-state index contributed by atoms with van der Waals surface area (Å²) in [7, 11) is 0. The summed E-state index contributed by atoms with van der Waals surface area (Å²) in [5.74, 6) is 0. The molecule has 0 saturated carbocycles. The number of aromatic amines is 1. The van der Waals surface area contributed by atoms with E-state index in [-0.39, 0.29) is 31.3 Å². The first-order chi connectivity index (χ1) is 3.00. The molecule has 0 fully saturated rings. The molecule has 0 bridgehead atoms. The molecule has 0 atom stereocenters. The maximum Gasteiger partial charge on any atom is 1.00 e. The maximum absolute atomic E-state index is 2.89. The minimum Gasteiger partial charge on any atom is -1.00 e. The van der Waals surface area contributed by atoms with Crippen LogP contribution in [0.15, 0.2) is 30.6 Å². The van der Waals surface area contributed by atoms with Crippen molar-refractivity contribution in [2.45, 2.75) is 0 Å². The van der Waals surface area contributed by atoms with Gasteiger partial charge in [-0.15, -0.1) is 0 Å². The van der Waals surface area contributed by atoms with Gasteiger partial charge in [-0.25, -0.2) is 4.98 Å². The van der Waals surface area contributed by atoms with Gasteiger partial charge in [0.15, 0.2) is 12.4 Å². The molecular formula is C5H6ClLiN+. The van der Waals surface area contributed by atoms with Gasteiger partial charge in [0.1, 0.15) is 0 Å². The first-order valence-corrected chi connectivity index (χ1v) is 1.91. The Bertz CT molecular complexity index is 84.4. The molecule has 3 heteroatoms. The van der Waals surface area contributed by atoms with E-state index in [4.69, 9.17) is 0 Å². The molecule has 1 nitrogen and oxygen atoms in total. The molecule has 1 rings (SSSR count). The second kappa shape index (κ2) is 7.04. The number of hydrogen-bond donors (Lipinski definition) is 0. The molecule has 1 aromatic rings. The van der Waals surface area contributed by atoms with Crippen LogP contribution in [0.2, 0.25) is 0 Å². The molecule has 0 unspecified atom stereocenters. The molecule has 0 aliphatic heterocycles. The summed E-state index contributed by atoms with van der Waals surface area (Å²) in [6.07, 6.45) is 3.75. The second-order valence-corrected chi connectivity index (χ2v) is 1.08. The Hall–Kier alpha value is 0.0374. The third kappa shape index (κ3) is 4.20. The average molecular weight is 123 g/mol. The van der Waals surface area contributed by atoms with Gasteiger partial charge in [0.05, 0.1) is 0 Å². The predicted octanol–water partition coefficient (Wildman–Crippen LogP) is -5.49. The van der Waals surface area contributed by atoms with Crippen molar-refractivity contribution in [2.75, 3.05) is 0 Å². The average Bonchev–Trinajstić information content (AvgIpc) is 1.72. The zero-order valence-electron chi connectivity index (χ0n) is 4.76. The summed E-state index contributed by atoms with van der Waals surface area (Å²) in [5.41, 5.74) is 0. The molecular weight excluding hydrogens is 116 g/mol. The van der Waals surface area contributed by atoms with E-state index in [1.54, 1.807) is 0 Å². The number of aromatic nitrogens is 1. The van der Waals surface area contributed by atoms with Crippen molar-refractivity contribution in [2.24, 2.45) is 0 Å². The Balaban J connectivity index is 0. The Labute approximate surface area is 67.1 Å². The van der Waals surface area contributed by atoms with E-state index < -0.39 is 0 Å². The van der Waals surface area contributed by atoms with Crippen LogP contribution in [0.3, 0.4) is 0 Å². The second-order valence-electron chi connectivity index (χ2n) is 1.08. The zero-order chi connectivity index (χ0) is 4.24. The van der Waals surface area contributed by atoms with E-state index in [1.165, 1.54) is 0 Å². The molecule has 8 heavy (non-hydrogen) atoms. The Morgan fingerprint density at radius 3 is 1.50 bits per heavy atom. The molecule has 1 N–H and O–H groups in total. The molecule has 0 spiro atoms. The molecule has 0 aliphatic rings. The summed E-state index contributed by atoms with van der Waals surface area (Å²) in [4.78, 5) is 2.89. The third-order valence-electron chi connectivity index (χ3n) is 0.607. The first kappa shape index (κ1) is 10.9. The molecule has 0 aliphatic carbocycles. The predicted molar refractivity (Wildman–Crippen MR) is 23.0 cm³/mol. The Morgan fingerprint density at radius 1 is 0.875 bits per heavy atom. The Kier molecular flexibility index (Phi) is 9.61. The van der Waals surface area contributed by atoms with Gasteiger partial charge in [-0.2, -0.15) is 0 Å². The van der Waals surface area contributed by atoms with Gasteiger partial charge in [-0.1, -0.05) is 6.07 Å². The fraction of sp³-hybridized carbons (Fsp3) is 0. The van der Waals surface area contributed by atoms with Crippen LogP contribution in [0, 0.1) is 0 Å². The molecule has 1 heterocycles. The van der Waals surface area contributed by atoms with Crippen LogP contribution in [0.25, 0.3) is 0 Å². The molecule has 38 valence electrons. The quantitative estimate of drug-likeness (QED) is 0.305. The summed E-state index contributed by atoms with van der Waals surface area (Å²) in [5, 5.41) is 0. The van der Waals surface area contributed by atoms with Crippen LogP contribution in [0.5, 0.6) is 0 Å². The fourth-order valence-corrected chi connectivity index (χ4v) is 0.342. The van der Waals surface area contributed by atoms with Gasteiger partial charge in [-0.3, -0.25) is 0 Å². The largest absolute Gasteiger partial charge is 1.00 e. The minimum absolute atomic E-state index is 0. The van der Waals surface area contributed by atoms with Crippen LogP contribution < -0.4 is 36.3 Å². The van der Waals surface area contributed by atoms with E-state index >= 15 is 0 Å². The van der Waals surface area contributed by atoms with Gasteiger partial charge < -0.3 is 12.4 Å². The smallest absolute Gasteiger partial charge is 1.00 e. The first-order valence-electron chi connectivity index (χ1n) is 1.91. The molecule has 0 saturated heterocycles. The Morgan fingerprint density at radius 2 is 1.38 bits per heavy atom. The van der Waals surface area contributed by atoms with Gasteiger partial charge in [-0.05, 0) is 0 Å². The third-order valence-corrected chi connectivity index (χ3v) is 0.607. The number of hydrogen-bond acceptors (Lipinski definition) is 0. The van der Waals surface area contributed by atoms with E-state index in [2.05, 4.69) is 4.98 Å². The van der Waals surface area contributed by atoms with Crippen LogP contribution in [0.4, 0.5) is 0 Å². The topological polar surface area (TPSA) is 14.1 Å². The van der Waals surface area contributed by atoms with Crippen molar-refractivity contribution < 1.29 is 36.3 Å². The van der Waals surface area contributed by atoms with Crippen LogP contribution in [-0.4, -0.2) is 0 Å². The summed E-state index contributed by atoms with van der Waals surface area (Å²) in [6, 6.07) is 5.86. The van der Waals surface area contributed by atoms with E-state index in [0.717, 1.165) is 0 Å². The van der Waals surface area contributed by atoms with Crippen molar-refractivity contribution in [3.8, 4) is 0 Å². The number of H-pyrrole nitrogens is 1. The van der Waals surface area contributed by atoms with E-state index in [1.807, 2.05) is 30.6 Å². The van der Waals surface area contributed by atoms with E-state index in [9.17, 15) is 0 Å². The van der Waals surface area contributed by atoms with Crippen molar-refractivity contribution in [1.82, 2.24) is 0 Å². The van der Waals surface area contributed by atoms with Crippen molar-refractivity contribution >= 4 is 0 Å². The van der Waals surface area contributed by atoms with Crippen LogP contribution >= 0.6 is 0 Å². The normalized spacial score (nSPS) is 6.00.